The molecule has 4 unspecified atom stereocenters. The van der Waals surface area contributed by atoms with Crippen molar-refractivity contribution in [3.8, 4) is 0 Å². The minimum atomic E-state index is 0.314. The van der Waals surface area contributed by atoms with Crippen molar-refractivity contribution < 1.29 is 4.74 Å². The van der Waals surface area contributed by atoms with E-state index in [4.69, 9.17) is 4.74 Å². The molecule has 0 aromatic carbocycles. The van der Waals surface area contributed by atoms with Gasteiger partial charge >= 0.3 is 0 Å². The van der Waals surface area contributed by atoms with Crippen molar-refractivity contribution in [3.05, 3.63) is 0 Å². The molecule has 19 heavy (non-hydrogen) atoms. The molecule has 0 radical (unpaired) electrons. The molecule has 0 heterocycles. The van der Waals surface area contributed by atoms with E-state index in [1.54, 1.807) is 0 Å². The van der Waals surface area contributed by atoms with Crippen LogP contribution in [0.1, 0.15) is 72.6 Å². The summed E-state index contributed by atoms with van der Waals surface area (Å²) >= 11 is 0. The highest BCUT2D eigenvalue weighted by Gasteiger charge is 2.49. The lowest BCUT2D eigenvalue weighted by molar-refractivity contribution is -0.157. The van der Waals surface area contributed by atoms with Crippen molar-refractivity contribution in [1.29, 1.82) is 0 Å². The van der Waals surface area contributed by atoms with Gasteiger partial charge in [-0.3, -0.25) is 0 Å². The fourth-order valence-corrected chi connectivity index (χ4v) is 3.75. The fraction of sp³-hybridized carbons (Fsp3) is 1.00. The molecule has 2 fully saturated rings. The Morgan fingerprint density at radius 3 is 2.58 bits per heavy atom. The lowest BCUT2D eigenvalue weighted by Gasteiger charge is -2.53. The number of nitrogens with one attached hydrogen (secondary N) is 1. The van der Waals surface area contributed by atoms with Crippen LogP contribution in [-0.2, 0) is 4.74 Å². The standard InChI is InChI=1S/C17H33NO/c1-5-10-18-15-12-16(17(15,3)4)19-14-9-7-8-13(6-2)11-14/h13-16,18H,5-12H2,1-4H3. The highest BCUT2D eigenvalue weighted by Crippen LogP contribution is 2.44. The summed E-state index contributed by atoms with van der Waals surface area (Å²) in [6, 6.07) is 0.656. The summed E-state index contributed by atoms with van der Waals surface area (Å²) < 4.78 is 6.44. The zero-order chi connectivity index (χ0) is 13.9. The van der Waals surface area contributed by atoms with E-state index < -0.39 is 0 Å². The van der Waals surface area contributed by atoms with E-state index in [2.05, 4.69) is 33.0 Å². The Morgan fingerprint density at radius 2 is 1.95 bits per heavy atom. The fourth-order valence-electron chi connectivity index (χ4n) is 3.75. The average Bonchev–Trinajstić information content (AvgIpc) is 2.42. The van der Waals surface area contributed by atoms with Gasteiger partial charge in [0.2, 0.25) is 0 Å². The number of ether oxygens (including phenoxy) is 1. The average molecular weight is 267 g/mol. The van der Waals surface area contributed by atoms with Crippen molar-refractivity contribution in [1.82, 2.24) is 5.32 Å². The van der Waals surface area contributed by atoms with Crippen LogP contribution in [0.3, 0.4) is 0 Å². The zero-order valence-corrected chi connectivity index (χ0v) is 13.4. The predicted octanol–water partition coefficient (Wildman–Crippen LogP) is 4.14. The quantitative estimate of drug-likeness (QED) is 0.781. The van der Waals surface area contributed by atoms with E-state index in [9.17, 15) is 0 Å². The monoisotopic (exact) mass is 267 g/mol. The lowest BCUT2D eigenvalue weighted by Crippen LogP contribution is -2.61. The SMILES string of the molecule is CCCNC1CC(OC2CCCC(CC)C2)C1(C)C. The van der Waals surface area contributed by atoms with Crippen LogP contribution in [-0.4, -0.2) is 24.8 Å². The minimum Gasteiger partial charge on any atom is -0.374 e. The maximum Gasteiger partial charge on any atom is 0.0659 e. The van der Waals surface area contributed by atoms with Crippen LogP contribution in [0.15, 0.2) is 0 Å². The third-order valence-corrected chi connectivity index (χ3v) is 5.49. The first-order valence-electron chi connectivity index (χ1n) is 8.46. The molecular weight excluding hydrogens is 234 g/mol. The molecule has 2 heteroatoms. The van der Waals surface area contributed by atoms with Crippen LogP contribution in [0, 0.1) is 11.3 Å². The van der Waals surface area contributed by atoms with Gasteiger partial charge in [0.15, 0.2) is 0 Å². The molecule has 0 aliphatic heterocycles. The molecule has 0 aromatic rings. The molecule has 2 rings (SSSR count). The summed E-state index contributed by atoms with van der Waals surface area (Å²) in [7, 11) is 0. The lowest BCUT2D eigenvalue weighted by atomic mass is 9.64. The summed E-state index contributed by atoms with van der Waals surface area (Å²) in [6.45, 7) is 10.4. The van der Waals surface area contributed by atoms with Crippen LogP contribution < -0.4 is 5.32 Å². The van der Waals surface area contributed by atoms with Gasteiger partial charge in [0.25, 0.3) is 0 Å². The molecule has 0 aromatic heterocycles. The van der Waals surface area contributed by atoms with Crippen molar-refractivity contribution in [2.45, 2.75) is 90.9 Å². The molecule has 4 atom stereocenters. The molecular formula is C17H33NO. The minimum absolute atomic E-state index is 0.314. The molecule has 0 spiro atoms. The maximum absolute atomic E-state index is 6.44. The van der Waals surface area contributed by atoms with Crippen LogP contribution >= 0.6 is 0 Å². The summed E-state index contributed by atoms with van der Waals surface area (Å²) in [5.74, 6) is 0.913. The van der Waals surface area contributed by atoms with Gasteiger partial charge in [0.05, 0.1) is 12.2 Å². The van der Waals surface area contributed by atoms with Gasteiger partial charge in [-0.2, -0.15) is 0 Å². The molecule has 2 saturated carbocycles. The summed E-state index contributed by atoms with van der Waals surface area (Å²) in [5, 5.41) is 3.67. The van der Waals surface area contributed by atoms with Crippen LogP contribution in [0.2, 0.25) is 0 Å². The summed E-state index contributed by atoms with van der Waals surface area (Å²) in [6.07, 6.45) is 10.1. The molecule has 1 N–H and O–H groups in total. The molecule has 0 amide bonds. The van der Waals surface area contributed by atoms with Crippen LogP contribution in [0.4, 0.5) is 0 Å². The van der Waals surface area contributed by atoms with Gasteiger partial charge in [0.1, 0.15) is 0 Å². The number of hydrogen-bond acceptors (Lipinski definition) is 2. The zero-order valence-electron chi connectivity index (χ0n) is 13.4. The largest absolute Gasteiger partial charge is 0.374 e. The van der Waals surface area contributed by atoms with Crippen molar-refractivity contribution in [3.63, 3.8) is 0 Å². The maximum atomic E-state index is 6.44. The third-order valence-electron chi connectivity index (χ3n) is 5.49. The van der Waals surface area contributed by atoms with Gasteiger partial charge in [-0.15, -0.1) is 0 Å². The Labute approximate surface area is 119 Å². The number of hydrogen-bond donors (Lipinski definition) is 1. The highest BCUT2D eigenvalue weighted by atomic mass is 16.5. The van der Waals surface area contributed by atoms with Gasteiger partial charge in [-0.1, -0.05) is 47.0 Å². The summed E-state index contributed by atoms with van der Waals surface area (Å²) in [4.78, 5) is 0. The molecule has 112 valence electrons. The molecule has 0 bridgehead atoms. The molecule has 2 nitrogen and oxygen atoms in total. The predicted molar refractivity (Wildman–Crippen MR) is 81.4 cm³/mol. The smallest absolute Gasteiger partial charge is 0.0659 e. The molecule has 2 aliphatic rings. The Bertz CT molecular complexity index is 276. The second-order valence-electron chi connectivity index (χ2n) is 7.25. The van der Waals surface area contributed by atoms with Crippen molar-refractivity contribution in [2.24, 2.45) is 11.3 Å². The first kappa shape index (κ1) is 15.3. The van der Waals surface area contributed by atoms with Gasteiger partial charge in [0, 0.05) is 11.5 Å². The Morgan fingerprint density at radius 1 is 1.16 bits per heavy atom. The first-order valence-corrected chi connectivity index (χ1v) is 8.46. The van der Waals surface area contributed by atoms with E-state index in [1.807, 2.05) is 0 Å². The van der Waals surface area contributed by atoms with E-state index in [0.29, 0.717) is 23.7 Å². The van der Waals surface area contributed by atoms with Gasteiger partial charge in [-0.25, -0.2) is 0 Å². The van der Waals surface area contributed by atoms with Crippen LogP contribution in [0.5, 0.6) is 0 Å². The Balaban J connectivity index is 1.78. The normalized spacial score (nSPS) is 37.9. The Kier molecular flexibility index (Phi) is 5.30. The molecule has 0 saturated heterocycles. The second-order valence-corrected chi connectivity index (χ2v) is 7.25. The second kappa shape index (κ2) is 6.58. The Hall–Kier alpha value is -0.0800. The summed E-state index contributed by atoms with van der Waals surface area (Å²) in [5.41, 5.74) is 0.314. The first-order chi connectivity index (χ1) is 9.07. The van der Waals surface area contributed by atoms with Crippen molar-refractivity contribution >= 4 is 0 Å². The van der Waals surface area contributed by atoms with E-state index >= 15 is 0 Å². The van der Waals surface area contributed by atoms with Crippen LogP contribution in [0.25, 0.3) is 0 Å². The third kappa shape index (κ3) is 3.52. The number of rotatable bonds is 6. The topological polar surface area (TPSA) is 21.3 Å². The molecule has 2 aliphatic carbocycles. The van der Waals surface area contributed by atoms with E-state index in [1.165, 1.54) is 44.9 Å². The highest BCUT2D eigenvalue weighted by molar-refractivity contribution is 5.03. The van der Waals surface area contributed by atoms with Gasteiger partial charge < -0.3 is 10.1 Å². The van der Waals surface area contributed by atoms with E-state index in [0.717, 1.165) is 12.5 Å². The van der Waals surface area contributed by atoms with Gasteiger partial charge in [-0.05, 0) is 38.1 Å². The van der Waals surface area contributed by atoms with Crippen molar-refractivity contribution in [2.75, 3.05) is 6.54 Å². The van der Waals surface area contributed by atoms with E-state index in [-0.39, 0.29) is 0 Å².